The largest absolute Gasteiger partial charge is 0.466 e. The van der Waals surface area contributed by atoms with Gasteiger partial charge in [-0.25, -0.2) is 0 Å². The van der Waals surface area contributed by atoms with Crippen LogP contribution in [0.1, 0.15) is 0 Å². The maximum absolute atomic E-state index is 8.37. The minimum absolute atomic E-state index is 0. The van der Waals surface area contributed by atoms with Crippen LogP contribution in [0.3, 0.4) is 0 Å². The molecule has 0 fully saturated rings. The number of nitrogen functional groups attached to an aromatic ring is 1. The van der Waals surface area contributed by atoms with Crippen molar-refractivity contribution in [1.29, 1.82) is 0 Å². The average Bonchev–Trinajstić information content (AvgIpc) is 1.94. The summed E-state index contributed by atoms with van der Waals surface area (Å²) in [6.45, 7) is -0.339. The highest BCUT2D eigenvalue weighted by molar-refractivity contribution is 5.85. The number of para-hydroxylation sites is 2. The summed E-state index contributed by atoms with van der Waals surface area (Å²) in [4.78, 5) is 0. The second-order valence-electron chi connectivity index (χ2n) is 1.81. The molecule has 1 aromatic rings. The molecule has 0 spiro atoms. The first-order chi connectivity index (χ1) is 4.84. The molecule has 0 bridgehead atoms. The van der Waals surface area contributed by atoms with Crippen LogP contribution in [0.2, 0.25) is 0 Å². The molecule has 0 aliphatic carbocycles. The molecule has 0 saturated carbocycles. The predicted molar refractivity (Wildman–Crippen MR) is 45.8 cm³/mol. The molecule has 3 nitrogen and oxygen atoms in total. The second kappa shape index (κ2) is 4.82. The Morgan fingerprint density at radius 2 is 2.00 bits per heavy atom. The van der Waals surface area contributed by atoms with Crippen LogP contribution in [0.25, 0.3) is 0 Å². The number of ether oxygens (including phenoxy) is 1. The summed E-state index contributed by atoms with van der Waals surface area (Å²) in [5, 5.41) is 8.37. The Kier molecular flexibility index (Phi) is 4.41. The quantitative estimate of drug-likeness (QED) is 0.521. The number of nitrogens with two attached hydrogens (primary N) is 1. The van der Waals surface area contributed by atoms with Crippen molar-refractivity contribution in [2.24, 2.45) is 0 Å². The molecule has 3 N–H and O–H groups in total. The van der Waals surface area contributed by atoms with Gasteiger partial charge in [-0.3, -0.25) is 0 Å². The third-order valence-corrected chi connectivity index (χ3v) is 1.14. The van der Waals surface area contributed by atoms with E-state index in [2.05, 4.69) is 0 Å². The lowest BCUT2D eigenvalue weighted by molar-refractivity contribution is 0.0992. The van der Waals surface area contributed by atoms with Crippen LogP contribution in [0.4, 0.5) is 5.69 Å². The van der Waals surface area contributed by atoms with E-state index in [9.17, 15) is 0 Å². The minimum Gasteiger partial charge on any atom is -0.466 e. The van der Waals surface area contributed by atoms with Crippen molar-refractivity contribution in [3.63, 3.8) is 0 Å². The molecule has 62 valence electrons. The van der Waals surface area contributed by atoms with Gasteiger partial charge in [0.2, 0.25) is 0 Å². The summed E-state index contributed by atoms with van der Waals surface area (Å²) < 4.78 is 4.77. The van der Waals surface area contributed by atoms with E-state index in [-0.39, 0.29) is 19.2 Å². The molecule has 1 rings (SSSR count). The number of halogens is 1. The fourth-order valence-electron chi connectivity index (χ4n) is 0.682. The van der Waals surface area contributed by atoms with Gasteiger partial charge < -0.3 is 15.6 Å². The Morgan fingerprint density at radius 3 is 2.55 bits per heavy atom. The van der Waals surface area contributed by atoms with Gasteiger partial charge in [-0.15, -0.1) is 12.4 Å². The fraction of sp³-hybridized carbons (Fsp3) is 0.143. The molecule has 0 atom stereocenters. The van der Waals surface area contributed by atoms with Crippen LogP contribution in [0, 0.1) is 0 Å². The molecule has 0 aliphatic rings. The van der Waals surface area contributed by atoms with Gasteiger partial charge in [-0.05, 0) is 12.1 Å². The Hall–Kier alpha value is -0.930. The maximum Gasteiger partial charge on any atom is 0.186 e. The van der Waals surface area contributed by atoms with Crippen LogP contribution in [0.15, 0.2) is 24.3 Å². The molecule has 0 heterocycles. The highest BCUT2D eigenvalue weighted by Gasteiger charge is 1.94. The van der Waals surface area contributed by atoms with Crippen molar-refractivity contribution < 1.29 is 9.84 Å². The molecule has 0 unspecified atom stereocenters. The van der Waals surface area contributed by atoms with E-state index in [1.807, 2.05) is 0 Å². The number of benzene rings is 1. The number of hydrogen-bond acceptors (Lipinski definition) is 3. The van der Waals surface area contributed by atoms with Gasteiger partial charge in [0.25, 0.3) is 0 Å². The third-order valence-electron chi connectivity index (χ3n) is 1.14. The molecular formula is C7H10ClNO2. The van der Waals surface area contributed by atoms with Crippen LogP contribution in [0.5, 0.6) is 5.75 Å². The van der Waals surface area contributed by atoms with E-state index in [1.165, 1.54) is 0 Å². The zero-order valence-corrected chi connectivity index (χ0v) is 6.67. The van der Waals surface area contributed by atoms with E-state index < -0.39 is 0 Å². The fourth-order valence-corrected chi connectivity index (χ4v) is 0.682. The Bertz CT molecular complexity index is 217. The van der Waals surface area contributed by atoms with Gasteiger partial charge in [0.1, 0.15) is 5.75 Å². The normalized spacial score (nSPS) is 8.45. The molecule has 0 aliphatic heterocycles. The summed E-state index contributed by atoms with van der Waals surface area (Å²) >= 11 is 0. The van der Waals surface area contributed by atoms with Crippen molar-refractivity contribution in [1.82, 2.24) is 0 Å². The van der Waals surface area contributed by atoms with Crippen LogP contribution in [-0.4, -0.2) is 11.9 Å². The highest BCUT2D eigenvalue weighted by atomic mass is 35.5. The van der Waals surface area contributed by atoms with E-state index >= 15 is 0 Å². The number of rotatable bonds is 2. The first-order valence-corrected chi connectivity index (χ1v) is 2.93. The summed E-state index contributed by atoms with van der Waals surface area (Å²) in [7, 11) is 0. The molecule has 0 saturated heterocycles. The Labute approximate surface area is 71.2 Å². The Balaban J connectivity index is 0.000001000. The molecule has 4 heteroatoms. The molecule has 0 radical (unpaired) electrons. The van der Waals surface area contributed by atoms with E-state index in [1.54, 1.807) is 24.3 Å². The maximum atomic E-state index is 8.37. The molecule has 0 aromatic heterocycles. The minimum atomic E-state index is -0.339. The third kappa shape index (κ3) is 2.65. The summed E-state index contributed by atoms with van der Waals surface area (Å²) in [6, 6.07) is 7.01. The first kappa shape index (κ1) is 10.1. The topological polar surface area (TPSA) is 55.5 Å². The predicted octanol–water partition coefficient (Wildman–Crippen LogP) is 1.02. The second-order valence-corrected chi connectivity index (χ2v) is 1.81. The number of aliphatic hydroxyl groups excluding tert-OH is 1. The van der Waals surface area contributed by atoms with Crippen molar-refractivity contribution in [2.45, 2.75) is 0 Å². The van der Waals surface area contributed by atoms with Crippen molar-refractivity contribution in [3.8, 4) is 5.75 Å². The van der Waals surface area contributed by atoms with Gasteiger partial charge in [-0.2, -0.15) is 0 Å². The van der Waals surface area contributed by atoms with Gasteiger partial charge >= 0.3 is 0 Å². The van der Waals surface area contributed by atoms with Gasteiger partial charge in [0.15, 0.2) is 6.79 Å². The van der Waals surface area contributed by atoms with Crippen molar-refractivity contribution >= 4 is 18.1 Å². The van der Waals surface area contributed by atoms with E-state index in [4.69, 9.17) is 15.6 Å². The number of anilines is 1. The van der Waals surface area contributed by atoms with Crippen molar-refractivity contribution in [3.05, 3.63) is 24.3 Å². The van der Waals surface area contributed by atoms with E-state index in [0.29, 0.717) is 11.4 Å². The molecule has 0 amide bonds. The van der Waals surface area contributed by atoms with Crippen molar-refractivity contribution in [2.75, 3.05) is 12.5 Å². The molecule has 1 aromatic carbocycles. The summed E-state index contributed by atoms with van der Waals surface area (Å²) in [5.74, 6) is 0.519. The van der Waals surface area contributed by atoms with Crippen LogP contribution in [-0.2, 0) is 0 Å². The SMILES string of the molecule is Cl.Nc1ccccc1OCO. The summed E-state index contributed by atoms with van der Waals surface area (Å²) in [5.41, 5.74) is 6.01. The molecule has 11 heavy (non-hydrogen) atoms. The number of aliphatic hydroxyl groups is 1. The monoisotopic (exact) mass is 175 g/mol. The highest BCUT2D eigenvalue weighted by Crippen LogP contribution is 2.18. The zero-order chi connectivity index (χ0) is 7.40. The zero-order valence-electron chi connectivity index (χ0n) is 5.86. The van der Waals surface area contributed by atoms with Crippen LogP contribution < -0.4 is 10.5 Å². The number of hydrogen-bond donors (Lipinski definition) is 2. The Morgan fingerprint density at radius 1 is 1.36 bits per heavy atom. The van der Waals surface area contributed by atoms with Crippen LogP contribution >= 0.6 is 12.4 Å². The van der Waals surface area contributed by atoms with Gasteiger partial charge in [-0.1, -0.05) is 12.1 Å². The lowest BCUT2D eigenvalue weighted by atomic mass is 10.3. The van der Waals surface area contributed by atoms with Gasteiger partial charge in [0.05, 0.1) is 5.69 Å². The lowest BCUT2D eigenvalue weighted by Gasteiger charge is -2.03. The molecular weight excluding hydrogens is 166 g/mol. The van der Waals surface area contributed by atoms with Gasteiger partial charge in [0, 0.05) is 0 Å². The smallest absolute Gasteiger partial charge is 0.186 e. The van der Waals surface area contributed by atoms with E-state index in [0.717, 1.165) is 0 Å². The first-order valence-electron chi connectivity index (χ1n) is 2.93. The lowest BCUT2D eigenvalue weighted by Crippen LogP contribution is -1.97. The average molecular weight is 176 g/mol. The standard InChI is InChI=1S/C7H9NO2.ClH/c8-6-3-1-2-4-7(6)10-5-9;/h1-4,9H,5,8H2;1H. The summed E-state index contributed by atoms with van der Waals surface area (Å²) in [6.07, 6.45) is 0.